The van der Waals surface area contributed by atoms with Crippen LogP contribution in [0.15, 0.2) is 30.3 Å². The van der Waals surface area contributed by atoms with Crippen molar-refractivity contribution in [2.45, 2.75) is 71.3 Å². The molecule has 3 rings (SSSR count). The average Bonchev–Trinajstić information content (AvgIpc) is 2.89. The summed E-state index contributed by atoms with van der Waals surface area (Å²) < 4.78 is 41.3. The Morgan fingerprint density at radius 2 is 1.75 bits per heavy atom. The second kappa shape index (κ2) is 14.8. The van der Waals surface area contributed by atoms with Gasteiger partial charge in [0.05, 0.1) is 36.7 Å². The number of carbonyl (C=O) groups excluding carboxylic acids is 1. The first-order valence-corrected chi connectivity index (χ1v) is 13.9. The number of carboxylic acids is 1. The Labute approximate surface area is 235 Å². The molecular weight excluding hydrogens is 520 g/mol. The van der Waals surface area contributed by atoms with Crippen molar-refractivity contribution in [3.05, 3.63) is 47.5 Å². The molecule has 0 aromatic heterocycles. The minimum atomic E-state index is -1.05. The topological polar surface area (TPSA) is 100 Å². The minimum Gasteiger partial charge on any atom is -0.494 e. The van der Waals surface area contributed by atoms with Gasteiger partial charge in [-0.25, -0.2) is 13.6 Å². The van der Waals surface area contributed by atoms with Gasteiger partial charge < -0.3 is 30.1 Å². The molecule has 2 amide bonds. The molecule has 2 aromatic carbocycles. The van der Waals surface area contributed by atoms with E-state index in [1.165, 1.54) is 25.3 Å². The van der Waals surface area contributed by atoms with Crippen LogP contribution >= 0.6 is 0 Å². The van der Waals surface area contributed by atoms with Gasteiger partial charge in [-0.15, -0.1) is 0 Å². The molecule has 220 valence electrons. The highest BCUT2D eigenvalue weighted by Crippen LogP contribution is 2.38. The number of nitrogens with zero attached hydrogens (tertiary/aromatic N) is 1. The van der Waals surface area contributed by atoms with E-state index >= 15 is 4.39 Å². The molecule has 3 N–H and O–H groups in total. The number of nitrogens with one attached hydrogen (secondary N) is 2. The van der Waals surface area contributed by atoms with Crippen molar-refractivity contribution in [3.8, 4) is 5.75 Å². The summed E-state index contributed by atoms with van der Waals surface area (Å²) in [5.41, 5.74) is 0.768. The normalized spacial score (nSPS) is 14.6. The third-order valence-corrected chi connectivity index (χ3v) is 6.96. The van der Waals surface area contributed by atoms with Gasteiger partial charge in [0.25, 0.3) is 0 Å². The number of anilines is 3. The summed E-state index contributed by atoms with van der Waals surface area (Å²) in [7, 11) is 1.45. The quantitative estimate of drug-likeness (QED) is 0.243. The molecule has 0 saturated heterocycles. The molecule has 1 fully saturated rings. The van der Waals surface area contributed by atoms with Gasteiger partial charge in [0, 0.05) is 31.7 Å². The molecule has 8 nitrogen and oxygen atoms in total. The van der Waals surface area contributed by atoms with Gasteiger partial charge in [-0.3, -0.25) is 4.79 Å². The molecule has 2 aromatic rings. The van der Waals surface area contributed by atoms with E-state index < -0.39 is 29.6 Å². The van der Waals surface area contributed by atoms with Crippen LogP contribution in [0.25, 0.3) is 0 Å². The van der Waals surface area contributed by atoms with Gasteiger partial charge in [0.2, 0.25) is 0 Å². The number of amides is 2. The van der Waals surface area contributed by atoms with Gasteiger partial charge in [0.1, 0.15) is 17.4 Å². The largest absolute Gasteiger partial charge is 0.494 e. The van der Waals surface area contributed by atoms with E-state index in [0.29, 0.717) is 24.5 Å². The van der Waals surface area contributed by atoms with Gasteiger partial charge >= 0.3 is 12.0 Å². The minimum absolute atomic E-state index is 0.0615. The van der Waals surface area contributed by atoms with E-state index in [0.717, 1.165) is 32.1 Å². The Morgan fingerprint density at radius 1 is 1.05 bits per heavy atom. The highest BCUT2D eigenvalue weighted by atomic mass is 19.1. The number of aliphatic carboxylic acids is 1. The Balaban J connectivity index is 2.03. The van der Waals surface area contributed by atoms with Crippen LogP contribution in [0, 0.1) is 17.6 Å². The predicted octanol–water partition coefficient (Wildman–Crippen LogP) is 7.01. The van der Waals surface area contributed by atoms with Crippen LogP contribution in [-0.4, -0.2) is 50.0 Å². The van der Waals surface area contributed by atoms with E-state index in [9.17, 15) is 19.1 Å². The Kier molecular flexibility index (Phi) is 11.5. The highest BCUT2D eigenvalue weighted by molar-refractivity contribution is 6.02. The first kappa shape index (κ1) is 31.1. The lowest BCUT2D eigenvalue weighted by Crippen LogP contribution is -2.40. The van der Waals surface area contributed by atoms with Crippen LogP contribution in [-0.2, 0) is 9.53 Å². The number of ether oxygens (including phenoxy) is 2. The lowest BCUT2D eigenvalue weighted by molar-refractivity contribution is -0.137. The zero-order valence-electron chi connectivity index (χ0n) is 23.8. The molecular formula is C30H41F2N3O5. The number of benzene rings is 2. The van der Waals surface area contributed by atoms with E-state index in [4.69, 9.17) is 9.47 Å². The van der Waals surface area contributed by atoms with Crippen LogP contribution in [0.5, 0.6) is 5.75 Å². The first-order valence-electron chi connectivity index (χ1n) is 13.9. The predicted molar refractivity (Wildman–Crippen MR) is 153 cm³/mol. The maximum absolute atomic E-state index is 16.1. The number of urea groups is 1. The second-order valence-electron chi connectivity index (χ2n) is 10.6. The maximum atomic E-state index is 16.1. The number of hydrogen-bond acceptors (Lipinski definition) is 5. The van der Waals surface area contributed by atoms with Crippen LogP contribution < -0.4 is 20.3 Å². The SMILES string of the molecule is CCOc1ccc(NC(=O)Nc2cc(C(COC)CC(=O)O)cc(F)c2N(CC(C)C)C2CCCCC2)c(F)c1. The van der Waals surface area contributed by atoms with E-state index in [1.54, 1.807) is 19.1 Å². The fraction of sp³-hybridized carbons (Fsp3) is 0.533. The maximum Gasteiger partial charge on any atom is 0.323 e. The summed E-state index contributed by atoms with van der Waals surface area (Å²) in [6.45, 7) is 6.90. The highest BCUT2D eigenvalue weighted by Gasteiger charge is 2.29. The van der Waals surface area contributed by atoms with E-state index in [-0.39, 0.29) is 42.0 Å². The third kappa shape index (κ3) is 8.55. The summed E-state index contributed by atoms with van der Waals surface area (Å²) in [5, 5.41) is 14.7. The summed E-state index contributed by atoms with van der Waals surface area (Å²) >= 11 is 0. The molecule has 40 heavy (non-hydrogen) atoms. The zero-order chi connectivity index (χ0) is 29.2. The van der Waals surface area contributed by atoms with Crippen molar-refractivity contribution in [2.24, 2.45) is 5.92 Å². The lowest BCUT2D eigenvalue weighted by atomic mass is 9.91. The summed E-state index contributed by atoms with van der Waals surface area (Å²) in [6.07, 6.45) is 4.74. The average molecular weight is 562 g/mol. The zero-order valence-corrected chi connectivity index (χ0v) is 23.8. The van der Waals surface area contributed by atoms with E-state index in [1.807, 2.05) is 4.90 Å². The molecule has 0 spiro atoms. The molecule has 1 aliphatic carbocycles. The molecule has 0 bridgehead atoms. The van der Waals surface area contributed by atoms with Crippen molar-refractivity contribution in [1.29, 1.82) is 0 Å². The van der Waals surface area contributed by atoms with Crippen molar-refractivity contribution in [1.82, 2.24) is 0 Å². The number of halogens is 2. The van der Waals surface area contributed by atoms with Gasteiger partial charge in [-0.1, -0.05) is 33.1 Å². The van der Waals surface area contributed by atoms with Crippen LogP contribution in [0.4, 0.5) is 30.6 Å². The lowest BCUT2D eigenvalue weighted by Gasteiger charge is -2.39. The van der Waals surface area contributed by atoms with Gasteiger partial charge in [0.15, 0.2) is 0 Å². The number of rotatable bonds is 13. The molecule has 0 aliphatic heterocycles. The molecule has 0 radical (unpaired) electrons. The third-order valence-electron chi connectivity index (χ3n) is 6.96. The van der Waals surface area contributed by atoms with Crippen LogP contribution in [0.2, 0.25) is 0 Å². The van der Waals surface area contributed by atoms with Crippen molar-refractivity contribution < 1.29 is 33.0 Å². The van der Waals surface area contributed by atoms with Gasteiger partial charge in [-0.2, -0.15) is 0 Å². The molecule has 1 aliphatic rings. The Hall–Kier alpha value is -3.40. The van der Waals surface area contributed by atoms with E-state index in [2.05, 4.69) is 24.5 Å². The number of carboxylic acid groups (broad SMARTS) is 1. The Bertz CT molecular complexity index is 1150. The number of carbonyl (C=O) groups is 2. The van der Waals surface area contributed by atoms with Gasteiger partial charge in [-0.05, 0) is 55.5 Å². The Morgan fingerprint density at radius 3 is 2.35 bits per heavy atom. The molecule has 10 heteroatoms. The smallest absolute Gasteiger partial charge is 0.323 e. The summed E-state index contributed by atoms with van der Waals surface area (Å²) in [4.78, 5) is 26.7. The molecule has 1 atom stereocenters. The standard InChI is InChI=1S/C30H41F2N3O5/c1-5-40-23-11-12-26(24(31)16-23)33-30(38)34-27-14-20(21(18-39-4)15-28(36)37)13-25(32)29(27)35(17-19(2)3)22-9-7-6-8-10-22/h11-14,16,19,21-22H,5-10,15,17-18H2,1-4H3,(H,36,37)(H2,33,34,38). The van der Waals surface area contributed by atoms with Crippen molar-refractivity contribution in [3.63, 3.8) is 0 Å². The summed E-state index contributed by atoms with van der Waals surface area (Å²) in [5.74, 6) is -2.36. The second-order valence-corrected chi connectivity index (χ2v) is 10.6. The number of hydrogen-bond donors (Lipinski definition) is 3. The van der Waals surface area contributed by atoms with Crippen molar-refractivity contribution >= 4 is 29.1 Å². The fourth-order valence-corrected chi connectivity index (χ4v) is 5.27. The monoisotopic (exact) mass is 561 g/mol. The van der Waals surface area contributed by atoms with Crippen LogP contribution in [0.3, 0.4) is 0 Å². The number of methoxy groups -OCH3 is 1. The molecule has 0 heterocycles. The van der Waals surface area contributed by atoms with Crippen molar-refractivity contribution in [2.75, 3.05) is 42.4 Å². The summed E-state index contributed by atoms with van der Waals surface area (Å²) in [6, 6.07) is 6.41. The first-order chi connectivity index (χ1) is 19.1. The molecule has 1 saturated carbocycles. The molecule has 1 unspecified atom stereocenters. The fourth-order valence-electron chi connectivity index (χ4n) is 5.27. The van der Waals surface area contributed by atoms with Crippen LogP contribution in [0.1, 0.15) is 70.8 Å².